The first-order chi connectivity index (χ1) is 9.02. The normalized spacial score (nSPS) is 12.3. The molecule has 2 nitrogen and oxygen atoms in total. The minimum absolute atomic E-state index is 0.357. The van der Waals surface area contributed by atoms with Crippen molar-refractivity contribution in [2.45, 2.75) is 6.10 Å². The molecule has 2 rings (SSSR count). The molecule has 1 N–H and O–H groups in total. The minimum Gasteiger partial charge on any atom is -0.496 e. The van der Waals surface area contributed by atoms with E-state index in [-0.39, 0.29) is 5.82 Å². The number of benzene rings is 2. The van der Waals surface area contributed by atoms with Crippen molar-refractivity contribution >= 4 is 31.9 Å². The Kier molecular flexibility index (Phi) is 4.60. The Morgan fingerprint density at radius 3 is 2.47 bits per heavy atom. The van der Waals surface area contributed by atoms with Crippen LogP contribution in [0.5, 0.6) is 5.75 Å². The number of methoxy groups -OCH3 is 1. The summed E-state index contributed by atoms with van der Waals surface area (Å²) in [7, 11) is 1.54. The number of aliphatic hydroxyl groups excluding tert-OH is 1. The van der Waals surface area contributed by atoms with Gasteiger partial charge in [0.1, 0.15) is 17.7 Å². The molecule has 100 valence electrons. The lowest BCUT2D eigenvalue weighted by molar-refractivity contribution is 0.214. The molecule has 0 saturated heterocycles. The fourth-order valence-electron chi connectivity index (χ4n) is 1.81. The van der Waals surface area contributed by atoms with Crippen LogP contribution in [-0.4, -0.2) is 12.2 Å². The molecule has 0 amide bonds. The second kappa shape index (κ2) is 6.03. The molecule has 0 fully saturated rings. The summed E-state index contributed by atoms with van der Waals surface area (Å²) in [6.07, 6.45) is -0.901. The Morgan fingerprint density at radius 1 is 1.11 bits per heavy atom. The zero-order chi connectivity index (χ0) is 14.0. The van der Waals surface area contributed by atoms with Crippen molar-refractivity contribution < 1.29 is 14.2 Å². The highest BCUT2D eigenvalue weighted by molar-refractivity contribution is 9.10. The van der Waals surface area contributed by atoms with E-state index in [1.165, 1.54) is 12.1 Å². The molecule has 19 heavy (non-hydrogen) atoms. The molecular weight excluding hydrogens is 379 g/mol. The standard InChI is InChI=1S/C14H11Br2FO2/c1-19-13-5-2-8(15)6-11(13)14(18)10-4-3-9(17)7-12(10)16/h2-7,14,18H,1H3. The highest BCUT2D eigenvalue weighted by Gasteiger charge is 2.18. The van der Waals surface area contributed by atoms with Crippen molar-refractivity contribution in [2.24, 2.45) is 0 Å². The molecular formula is C14H11Br2FO2. The lowest BCUT2D eigenvalue weighted by atomic mass is 10.0. The van der Waals surface area contributed by atoms with Gasteiger partial charge in [0.2, 0.25) is 0 Å². The fraction of sp³-hybridized carbons (Fsp3) is 0.143. The largest absolute Gasteiger partial charge is 0.496 e. The molecule has 0 heterocycles. The maximum Gasteiger partial charge on any atom is 0.125 e. The SMILES string of the molecule is COc1ccc(Br)cc1C(O)c1ccc(F)cc1Br. The third-order valence-corrected chi connectivity index (χ3v) is 3.92. The second-order valence-corrected chi connectivity index (χ2v) is 5.72. The number of aliphatic hydroxyl groups is 1. The molecule has 5 heteroatoms. The van der Waals surface area contributed by atoms with Crippen molar-refractivity contribution in [1.29, 1.82) is 0 Å². The van der Waals surface area contributed by atoms with Gasteiger partial charge >= 0.3 is 0 Å². The molecule has 0 aliphatic rings. The van der Waals surface area contributed by atoms with Crippen molar-refractivity contribution in [1.82, 2.24) is 0 Å². The quantitative estimate of drug-likeness (QED) is 0.840. The molecule has 0 saturated carbocycles. The lowest BCUT2D eigenvalue weighted by Gasteiger charge is -2.17. The van der Waals surface area contributed by atoms with Gasteiger partial charge in [0.25, 0.3) is 0 Å². The van der Waals surface area contributed by atoms with Crippen LogP contribution in [0.15, 0.2) is 45.3 Å². The number of ether oxygens (including phenoxy) is 1. The van der Waals surface area contributed by atoms with E-state index in [0.717, 1.165) is 4.47 Å². The van der Waals surface area contributed by atoms with Gasteiger partial charge in [-0.2, -0.15) is 0 Å². The van der Waals surface area contributed by atoms with Crippen LogP contribution >= 0.6 is 31.9 Å². The molecule has 0 bridgehead atoms. The van der Waals surface area contributed by atoms with Crippen LogP contribution < -0.4 is 4.74 Å². The lowest BCUT2D eigenvalue weighted by Crippen LogP contribution is -2.03. The summed E-state index contributed by atoms with van der Waals surface area (Å²) >= 11 is 6.62. The summed E-state index contributed by atoms with van der Waals surface area (Å²) in [5, 5.41) is 10.4. The Labute approximate surface area is 127 Å². The molecule has 0 radical (unpaired) electrons. The Balaban J connectivity index is 2.49. The van der Waals surface area contributed by atoms with E-state index in [1.54, 1.807) is 25.3 Å². The fourth-order valence-corrected chi connectivity index (χ4v) is 2.76. The highest BCUT2D eigenvalue weighted by atomic mass is 79.9. The highest BCUT2D eigenvalue weighted by Crippen LogP contribution is 2.35. The van der Waals surface area contributed by atoms with Crippen LogP contribution in [0.3, 0.4) is 0 Å². The van der Waals surface area contributed by atoms with Gasteiger partial charge in [-0.1, -0.05) is 37.9 Å². The van der Waals surface area contributed by atoms with Crippen molar-refractivity contribution in [3.63, 3.8) is 0 Å². The molecule has 1 unspecified atom stereocenters. The number of rotatable bonds is 3. The smallest absolute Gasteiger partial charge is 0.125 e. The van der Waals surface area contributed by atoms with E-state index >= 15 is 0 Å². The molecule has 1 atom stereocenters. The van der Waals surface area contributed by atoms with E-state index in [1.807, 2.05) is 6.07 Å². The van der Waals surface area contributed by atoms with Gasteiger partial charge in [0.15, 0.2) is 0 Å². The first-order valence-electron chi connectivity index (χ1n) is 5.49. The van der Waals surface area contributed by atoms with E-state index in [0.29, 0.717) is 21.3 Å². The topological polar surface area (TPSA) is 29.5 Å². The van der Waals surface area contributed by atoms with Crippen molar-refractivity contribution in [2.75, 3.05) is 7.11 Å². The van der Waals surface area contributed by atoms with Gasteiger partial charge in [-0.15, -0.1) is 0 Å². The van der Waals surface area contributed by atoms with Crippen LogP contribution in [-0.2, 0) is 0 Å². The van der Waals surface area contributed by atoms with Gasteiger partial charge < -0.3 is 9.84 Å². The average Bonchev–Trinajstić information content (AvgIpc) is 2.38. The average molecular weight is 390 g/mol. The van der Waals surface area contributed by atoms with Gasteiger partial charge in [-0.3, -0.25) is 0 Å². The van der Waals surface area contributed by atoms with Crippen LogP contribution in [0.4, 0.5) is 4.39 Å². The Morgan fingerprint density at radius 2 is 1.84 bits per heavy atom. The van der Waals surface area contributed by atoms with Crippen LogP contribution in [0.2, 0.25) is 0 Å². The predicted molar refractivity (Wildman–Crippen MR) is 78.9 cm³/mol. The number of halogens is 3. The summed E-state index contributed by atoms with van der Waals surface area (Å²) in [5.74, 6) is 0.218. The number of hydrogen-bond donors (Lipinski definition) is 1. The van der Waals surface area contributed by atoms with Gasteiger partial charge in [-0.05, 0) is 35.9 Å². The summed E-state index contributed by atoms with van der Waals surface area (Å²) in [5.41, 5.74) is 1.20. The Bertz CT molecular complexity index is 602. The summed E-state index contributed by atoms with van der Waals surface area (Å²) in [4.78, 5) is 0. The monoisotopic (exact) mass is 388 g/mol. The van der Waals surface area contributed by atoms with Gasteiger partial charge in [0.05, 0.1) is 7.11 Å². The summed E-state index contributed by atoms with van der Waals surface area (Å²) < 4.78 is 19.7. The van der Waals surface area contributed by atoms with E-state index in [2.05, 4.69) is 31.9 Å². The maximum absolute atomic E-state index is 13.1. The van der Waals surface area contributed by atoms with Crippen LogP contribution in [0.1, 0.15) is 17.2 Å². The Hall–Kier alpha value is -0.910. The minimum atomic E-state index is -0.901. The zero-order valence-corrected chi connectivity index (χ0v) is 13.2. The molecule has 0 aliphatic heterocycles. The first-order valence-corrected chi connectivity index (χ1v) is 7.08. The van der Waals surface area contributed by atoms with Crippen LogP contribution in [0, 0.1) is 5.82 Å². The molecule has 2 aromatic rings. The van der Waals surface area contributed by atoms with E-state index in [9.17, 15) is 9.50 Å². The third-order valence-electron chi connectivity index (χ3n) is 2.74. The van der Waals surface area contributed by atoms with Crippen molar-refractivity contribution in [3.8, 4) is 5.75 Å². The molecule has 0 spiro atoms. The van der Waals surface area contributed by atoms with Gasteiger partial charge in [0, 0.05) is 14.5 Å². The maximum atomic E-state index is 13.1. The molecule has 0 aromatic heterocycles. The predicted octanol–water partition coefficient (Wildman–Crippen LogP) is 4.44. The van der Waals surface area contributed by atoms with Gasteiger partial charge in [-0.25, -0.2) is 4.39 Å². The third kappa shape index (κ3) is 3.16. The molecule has 2 aromatic carbocycles. The summed E-state index contributed by atoms with van der Waals surface area (Å²) in [6, 6.07) is 9.55. The molecule has 0 aliphatic carbocycles. The van der Waals surface area contributed by atoms with E-state index < -0.39 is 6.10 Å². The van der Waals surface area contributed by atoms with Crippen LogP contribution in [0.25, 0.3) is 0 Å². The summed E-state index contributed by atoms with van der Waals surface area (Å²) in [6.45, 7) is 0. The van der Waals surface area contributed by atoms with E-state index in [4.69, 9.17) is 4.74 Å². The first kappa shape index (κ1) is 14.5. The zero-order valence-electron chi connectivity index (χ0n) is 10.0. The van der Waals surface area contributed by atoms with Crippen molar-refractivity contribution in [3.05, 3.63) is 62.3 Å². The number of hydrogen-bond acceptors (Lipinski definition) is 2. The second-order valence-electron chi connectivity index (χ2n) is 3.95.